The van der Waals surface area contributed by atoms with Crippen LogP contribution in [0.1, 0.15) is 161 Å². The fourth-order valence-electron chi connectivity index (χ4n) is 8.16. The topological polar surface area (TPSA) is 37.3 Å². The molecule has 184 valence electrons. The number of rotatable bonds is 20. The molecule has 4 rings (SSSR count). The lowest BCUT2D eigenvalue weighted by Gasteiger charge is -2.39. The van der Waals surface area contributed by atoms with Crippen molar-refractivity contribution in [3.63, 3.8) is 0 Å². The lowest BCUT2D eigenvalue weighted by molar-refractivity contribution is -0.149. The lowest BCUT2D eigenvalue weighted by atomic mass is 9.64. The molecule has 0 bridgehead atoms. The molecule has 0 unspecified atom stereocenters. The lowest BCUT2D eigenvalue weighted by Crippen LogP contribution is -2.39. The second-order valence-corrected chi connectivity index (χ2v) is 12.5. The van der Waals surface area contributed by atoms with E-state index in [9.17, 15) is 9.90 Å². The summed E-state index contributed by atoms with van der Waals surface area (Å²) < 4.78 is 0. The average molecular weight is 445 g/mol. The molecule has 4 fully saturated rings. The summed E-state index contributed by atoms with van der Waals surface area (Å²) in [5.74, 6) is -0.455. The Hall–Kier alpha value is -0.530. The van der Waals surface area contributed by atoms with Crippen LogP contribution < -0.4 is 0 Å². The summed E-state index contributed by atoms with van der Waals surface area (Å²) >= 11 is 0. The summed E-state index contributed by atoms with van der Waals surface area (Å²) in [7, 11) is 0. The molecule has 0 heterocycles. The third-order valence-electron chi connectivity index (χ3n) is 10.6. The smallest absolute Gasteiger partial charge is 0.310 e. The first-order valence-electron chi connectivity index (χ1n) is 14.8. The molecule has 0 spiro atoms. The second-order valence-electron chi connectivity index (χ2n) is 12.5. The highest BCUT2D eigenvalue weighted by Crippen LogP contribution is 2.90. The normalized spacial score (nSPS) is 24.8. The van der Waals surface area contributed by atoms with E-state index in [1.807, 2.05) is 0 Å². The van der Waals surface area contributed by atoms with Gasteiger partial charge in [-0.1, -0.05) is 103 Å². The Morgan fingerprint density at radius 3 is 1.28 bits per heavy atom. The average Bonchev–Trinajstić information content (AvgIpc) is 3.63. The zero-order valence-electron chi connectivity index (χ0n) is 21.3. The standard InChI is InChI=1S/C30H52O2/c1-2-3-4-5-6-7-8-9-10-11-12-13-14-15-16-17-27(18-19-27)29(22-23-29)30(24-25-30)28(20-21-28)26(31)32/h2-25H2,1H3,(H,31,32). The minimum atomic E-state index is -0.455. The number of carbonyl (C=O) groups is 1. The van der Waals surface area contributed by atoms with Gasteiger partial charge in [0.05, 0.1) is 5.41 Å². The Morgan fingerprint density at radius 1 is 0.562 bits per heavy atom. The van der Waals surface area contributed by atoms with Gasteiger partial charge in [0, 0.05) is 0 Å². The maximum Gasteiger partial charge on any atom is 0.310 e. The van der Waals surface area contributed by atoms with E-state index in [1.54, 1.807) is 0 Å². The first kappa shape index (κ1) is 24.6. The summed E-state index contributed by atoms with van der Waals surface area (Å²) in [4.78, 5) is 12.1. The molecule has 0 saturated heterocycles. The predicted octanol–water partition coefficient (Wildman–Crippen LogP) is 9.45. The van der Waals surface area contributed by atoms with Crippen molar-refractivity contribution in [3.05, 3.63) is 0 Å². The van der Waals surface area contributed by atoms with Crippen molar-refractivity contribution in [3.8, 4) is 0 Å². The van der Waals surface area contributed by atoms with Crippen molar-refractivity contribution in [1.29, 1.82) is 0 Å². The van der Waals surface area contributed by atoms with Gasteiger partial charge in [0.15, 0.2) is 0 Å². The van der Waals surface area contributed by atoms with Crippen LogP contribution in [0.2, 0.25) is 0 Å². The molecule has 0 aromatic heterocycles. The van der Waals surface area contributed by atoms with Crippen LogP contribution in [-0.4, -0.2) is 11.1 Å². The highest BCUT2D eigenvalue weighted by molar-refractivity contribution is 5.80. The fraction of sp³-hybridized carbons (Fsp3) is 0.967. The van der Waals surface area contributed by atoms with Crippen molar-refractivity contribution in [2.75, 3.05) is 0 Å². The van der Waals surface area contributed by atoms with E-state index >= 15 is 0 Å². The van der Waals surface area contributed by atoms with Crippen molar-refractivity contribution in [2.45, 2.75) is 161 Å². The molecule has 2 nitrogen and oxygen atoms in total. The van der Waals surface area contributed by atoms with Crippen LogP contribution in [-0.2, 0) is 4.79 Å². The van der Waals surface area contributed by atoms with Crippen LogP contribution in [0.5, 0.6) is 0 Å². The van der Waals surface area contributed by atoms with Gasteiger partial charge in [0.25, 0.3) is 0 Å². The van der Waals surface area contributed by atoms with E-state index in [4.69, 9.17) is 0 Å². The van der Waals surface area contributed by atoms with Gasteiger partial charge < -0.3 is 5.11 Å². The maximum absolute atomic E-state index is 12.1. The monoisotopic (exact) mass is 444 g/mol. The quantitative estimate of drug-likeness (QED) is 0.190. The van der Waals surface area contributed by atoms with Crippen molar-refractivity contribution in [1.82, 2.24) is 0 Å². The summed E-state index contributed by atoms with van der Waals surface area (Å²) in [6.07, 6.45) is 32.8. The predicted molar refractivity (Wildman–Crippen MR) is 134 cm³/mol. The second kappa shape index (κ2) is 10.4. The molecule has 4 saturated carbocycles. The maximum atomic E-state index is 12.1. The Bertz CT molecular complexity index is 604. The van der Waals surface area contributed by atoms with Gasteiger partial charge in [-0.15, -0.1) is 0 Å². The first-order valence-corrected chi connectivity index (χ1v) is 14.8. The summed E-state index contributed by atoms with van der Waals surface area (Å²) in [5.41, 5.74) is 0.932. The van der Waals surface area contributed by atoms with Gasteiger partial charge in [0.1, 0.15) is 0 Å². The van der Waals surface area contributed by atoms with Crippen LogP contribution in [0.25, 0.3) is 0 Å². The van der Waals surface area contributed by atoms with Crippen LogP contribution in [0.3, 0.4) is 0 Å². The first-order chi connectivity index (χ1) is 15.6. The Balaban J connectivity index is 1.03. The van der Waals surface area contributed by atoms with Gasteiger partial charge >= 0.3 is 5.97 Å². The zero-order chi connectivity index (χ0) is 22.5. The molecule has 4 aliphatic carbocycles. The number of carboxylic acids is 1. The molecule has 0 aromatic carbocycles. The molecular weight excluding hydrogens is 392 g/mol. The van der Waals surface area contributed by atoms with Crippen LogP contribution in [0, 0.1) is 21.7 Å². The third-order valence-corrected chi connectivity index (χ3v) is 10.6. The molecule has 4 aliphatic rings. The van der Waals surface area contributed by atoms with E-state index in [0.717, 1.165) is 12.8 Å². The molecule has 0 aliphatic heterocycles. The number of unbranched alkanes of at least 4 members (excludes halogenated alkanes) is 14. The van der Waals surface area contributed by atoms with Gasteiger partial charge in [0.2, 0.25) is 0 Å². The van der Waals surface area contributed by atoms with E-state index in [0.29, 0.717) is 10.8 Å². The van der Waals surface area contributed by atoms with Crippen LogP contribution >= 0.6 is 0 Å². The molecule has 2 heteroatoms. The number of hydrogen-bond donors (Lipinski definition) is 1. The molecule has 0 amide bonds. The summed E-state index contributed by atoms with van der Waals surface area (Å²) in [6.45, 7) is 2.30. The molecule has 0 aromatic rings. The largest absolute Gasteiger partial charge is 0.481 e. The molecule has 32 heavy (non-hydrogen) atoms. The van der Waals surface area contributed by atoms with Gasteiger partial charge in [-0.05, 0) is 74.0 Å². The molecule has 0 radical (unpaired) electrons. The van der Waals surface area contributed by atoms with Gasteiger partial charge in [-0.2, -0.15) is 0 Å². The number of carboxylic acid groups (broad SMARTS) is 1. The molecule has 1 N–H and O–H groups in total. The van der Waals surface area contributed by atoms with Gasteiger partial charge in [-0.25, -0.2) is 0 Å². The van der Waals surface area contributed by atoms with Crippen molar-refractivity contribution < 1.29 is 9.90 Å². The summed E-state index contributed by atoms with van der Waals surface area (Å²) in [6, 6.07) is 0. The fourth-order valence-corrected chi connectivity index (χ4v) is 8.16. The summed E-state index contributed by atoms with van der Waals surface area (Å²) in [5, 5.41) is 9.97. The highest BCUT2D eigenvalue weighted by Gasteiger charge is 2.84. The van der Waals surface area contributed by atoms with Gasteiger partial charge in [-0.3, -0.25) is 4.79 Å². The SMILES string of the molecule is CCCCCCCCCCCCCCCCCC1(C2(C3(C4(C(=O)O)CC4)CC3)CC2)CC1. The number of hydrogen-bond acceptors (Lipinski definition) is 1. The Kier molecular flexibility index (Phi) is 7.98. The van der Waals surface area contributed by atoms with E-state index < -0.39 is 5.97 Å². The Morgan fingerprint density at radius 2 is 0.969 bits per heavy atom. The van der Waals surface area contributed by atoms with Crippen LogP contribution in [0.15, 0.2) is 0 Å². The third kappa shape index (κ3) is 4.81. The minimum absolute atomic E-state index is 0.220. The van der Waals surface area contributed by atoms with Crippen LogP contribution in [0.4, 0.5) is 0 Å². The minimum Gasteiger partial charge on any atom is -0.481 e. The Labute approximate surface area is 198 Å². The van der Waals surface area contributed by atoms with E-state index in [2.05, 4.69) is 6.92 Å². The van der Waals surface area contributed by atoms with E-state index in [-0.39, 0.29) is 10.8 Å². The van der Waals surface area contributed by atoms with E-state index in [1.165, 1.54) is 141 Å². The van der Waals surface area contributed by atoms with Crippen molar-refractivity contribution in [2.24, 2.45) is 21.7 Å². The molecular formula is C30H52O2. The van der Waals surface area contributed by atoms with Crippen molar-refractivity contribution >= 4 is 5.97 Å². The highest BCUT2D eigenvalue weighted by atomic mass is 16.4. The number of aliphatic carboxylic acids is 1. The zero-order valence-corrected chi connectivity index (χ0v) is 21.3. The molecule has 0 atom stereocenters.